The normalized spacial score (nSPS) is 17.4. The van der Waals surface area contributed by atoms with Crippen molar-refractivity contribution in [3.63, 3.8) is 0 Å². The number of rotatable bonds is 8. The molecule has 1 aliphatic rings. The van der Waals surface area contributed by atoms with Crippen molar-refractivity contribution in [2.45, 2.75) is 30.9 Å². The van der Waals surface area contributed by atoms with E-state index in [2.05, 4.69) is 22.3 Å². The predicted octanol–water partition coefficient (Wildman–Crippen LogP) is 3.40. The maximum absolute atomic E-state index is 12.6. The SMILES string of the molecule is Cc1ccc([C@@H](CNC(=O)[C@H](C)SCc2ccccc2)N2CCOCC2)o1. The first kappa shape index (κ1) is 20.0. The summed E-state index contributed by atoms with van der Waals surface area (Å²) < 4.78 is 11.3. The monoisotopic (exact) mass is 388 g/mol. The van der Waals surface area contributed by atoms with Gasteiger partial charge in [0.1, 0.15) is 11.5 Å². The molecule has 1 aliphatic heterocycles. The summed E-state index contributed by atoms with van der Waals surface area (Å²) in [6.45, 7) is 7.57. The highest BCUT2D eigenvalue weighted by Crippen LogP contribution is 2.24. The van der Waals surface area contributed by atoms with Crippen LogP contribution in [0.5, 0.6) is 0 Å². The van der Waals surface area contributed by atoms with Gasteiger partial charge in [-0.25, -0.2) is 0 Å². The summed E-state index contributed by atoms with van der Waals surface area (Å²) >= 11 is 1.66. The average Bonchev–Trinajstić information content (AvgIpc) is 3.13. The maximum atomic E-state index is 12.6. The minimum Gasteiger partial charge on any atom is -0.465 e. The van der Waals surface area contributed by atoms with Crippen molar-refractivity contribution in [1.82, 2.24) is 10.2 Å². The average molecular weight is 389 g/mol. The fourth-order valence-corrected chi connectivity index (χ4v) is 4.01. The number of ether oxygens (including phenoxy) is 1. The molecular formula is C21H28N2O3S. The Balaban J connectivity index is 1.54. The van der Waals surface area contributed by atoms with Crippen LogP contribution in [0.4, 0.5) is 0 Å². The van der Waals surface area contributed by atoms with Crippen molar-refractivity contribution in [3.8, 4) is 0 Å². The van der Waals surface area contributed by atoms with Gasteiger partial charge in [-0.15, -0.1) is 11.8 Å². The van der Waals surface area contributed by atoms with E-state index < -0.39 is 0 Å². The molecule has 146 valence electrons. The number of carbonyl (C=O) groups excluding carboxylic acids is 1. The number of thioether (sulfide) groups is 1. The molecule has 2 aromatic rings. The molecule has 0 radical (unpaired) electrons. The summed E-state index contributed by atoms with van der Waals surface area (Å²) in [5.41, 5.74) is 1.24. The molecule has 0 unspecified atom stereocenters. The van der Waals surface area contributed by atoms with E-state index in [-0.39, 0.29) is 17.2 Å². The zero-order valence-corrected chi connectivity index (χ0v) is 16.8. The third-order valence-corrected chi connectivity index (χ3v) is 5.97. The Labute approximate surface area is 165 Å². The fraction of sp³-hybridized carbons (Fsp3) is 0.476. The lowest BCUT2D eigenvalue weighted by Gasteiger charge is -2.33. The van der Waals surface area contributed by atoms with Crippen LogP contribution in [0, 0.1) is 6.92 Å². The lowest BCUT2D eigenvalue weighted by Crippen LogP contribution is -2.44. The number of morpholine rings is 1. The Morgan fingerprint density at radius 3 is 2.59 bits per heavy atom. The molecule has 1 fully saturated rings. The number of amides is 1. The van der Waals surface area contributed by atoms with Crippen LogP contribution in [0.15, 0.2) is 46.9 Å². The van der Waals surface area contributed by atoms with Crippen LogP contribution < -0.4 is 5.32 Å². The number of nitrogens with zero attached hydrogens (tertiary/aromatic N) is 1. The van der Waals surface area contributed by atoms with Crippen molar-refractivity contribution < 1.29 is 13.9 Å². The molecule has 1 amide bonds. The molecular weight excluding hydrogens is 360 g/mol. The van der Waals surface area contributed by atoms with Gasteiger partial charge in [-0.1, -0.05) is 30.3 Å². The van der Waals surface area contributed by atoms with Gasteiger partial charge in [-0.3, -0.25) is 9.69 Å². The Morgan fingerprint density at radius 1 is 1.19 bits per heavy atom. The van der Waals surface area contributed by atoms with Gasteiger partial charge in [-0.05, 0) is 31.5 Å². The van der Waals surface area contributed by atoms with E-state index in [0.29, 0.717) is 19.8 Å². The molecule has 1 aromatic carbocycles. The molecule has 6 heteroatoms. The van der Waals surface area contributed by atoms with E-state index in [1.807, 2.05) is 44.2 Å². The third kappa shape index (κ3) is 5.86. The fourth-order valence-electron chi connectivity index (χ4n) is 3.14. The van der Waals surface area contributed by atoms with Gasteiger partial charge < -0.3 is 14.5 Å². The molecule has 0 spiro atoms. The zero-order valence-electron chi connectivity index (χ0n) is 16.0. The van der Waals surface area contributed by atoms with Gasteiger partial charge >= 0.3 is 0 Å². The van der Waals surface area contributed by atoms with Crippen molar-refractivity contribution in [3.05, 3.63) is 59.5 Å². The number of hydrogen-bond donors (Lipinski definition) is 1. The standard InChI is InChI=1S/C21H28N2O3S/c1-16-8-9-20(26-16)19(23-10-12-25-13-11-23)14-22-21(24)17(2)27-15-18-6-4-3-5-7-18/h3-9,17,19H,10-15H2,1-2H3,(H,22,24)/t17-,19+/m0/s1. The van der Waals surface area contributed by atoms with E-state index >= 15 is 0 Å². The molecule has 0 aliphatic carbocycles. The van der Waals surface area contributed by atoms with Crippen LogP contribution in [0.25, 0.3) is 0 Å². The number of benzene rings is 1. The first-order valence-electron chi connectivity index (χ1n) is 9.45. The number of furan rings is 1. The zero-order chi connectivity index (χ0) is 19.1. The van der Waals surface area contributed by atoms with Crippen molar-refractivity contribution in [2.24, 2.45) is 0 Å². The Hall–Kier alpha value is -1.76. The summed E-state index contributed by atoms with van der Waals surface area (Å²) in [5.74, 6) is 2.69. The first-order valence-corrected chi connectivity index (χ1v) is 10.5. The van der Waals surface area contributed by atoms with Gasteiger partial charge in [0.15, 0.2) is 0 Å². The molecule has 1 N–H and O–H groups in total. The van der Waals surface area contributed by atoms with Gasteiger partial charge in [0.2, 0.25) is 5.91 Å². The summed E-state index contributed by atoms with van der Waals surface area (Å²) in [7, 11) is 0. The number of hydrogen-bond acceptors (Lipinski definition) is 5. The minimum atomic E-state index is -0.103. The van der Waals surface area contributed by atoms with E-state index in [9.17, 15) is 4.79 Å². The van der Waals surface area contributed by atoms with E-state index in [1.165, 1.54) is 5.56 Å². The van der Waals surface area contributed by atoms with Crippen molar-refractivity contribution in [1.29, 1.82) is 0 Å². The van der Waals surface area contributed by atoms with Crippen LogP contribution in [-0.4, -0.2) is 48.9 Å². The van der Waals surface area contributed by atoms with Crippen LogP contribution >= 0.6 is 11.8 Å². The second kappa shape index (κ2) is 9.97. The molecule has 27 heavy (non-hydrogen) atoms. The van der Waals surface area contributed by atoms with E-state index in [0.717, 1.165) is 30.4 Å². The Morgan fingerprint density at radius 2 is 1.93 bits per heavy atom. The summed E-state index contributed by atoms with van der Waals surface area (Å²) in [5, 5.41) is 3.02. The predicted molar refractivity (Wildman–Crippen MR) is 109 cm³/mol. The van der Waals surface area contributed by atoms with E-state index in [4.69, 9.17) is 9.15 Å². The molecule has 5 nitrogen and oxygen atoms in total. The number of aryl methyl sites for hydroxylation is 1. The lowest BCUT2D eigenvalue weighted by molar-refractivity contribution is -0.120. The highest BCUT2D eigenvalue weighted by atomic mass is 32.2. The quantitative estimate of drug-likeness (QED) is 0.751. The van der Waals surface area contributed by atoms with Gasteiger partial charge in [0.25, 0.3) is 0 Å². The lowest BCUT2D eigenvalue weighted by atomic mass is 10.1. The molecule has 3 rings (SSSR count). The van der Waals surface area contributed by atoms with Crippen LogP contribution in [0.1, 0.15) is 30.0 Å². The van der Waals surface area contributed by atoms with Crippen molar-refractivity contribution in [2.75, 3.05) is 32.8 Å². The molecule has 0 saturated carbocycles. The maximum Gasteiger partial charge on any atom is 0.232 e. The second-order valence-corrected chi connectivity index (χ2v) is 8.13. The topological polar surface area (TPSA) is 54.7 Å². The van der Waals surface area contributed by atoms with E-state index in [1.54, 1.807) is 11.8 Å². The molecule has 1 saturated heterocycles. The smallest absolute Gasteiger partial charge is 0.232 e. The van der Waals surface area contributed by atoms with Gasteiger partial charge in [0.05, 0.1) is 24.5 Å². The van der Waals surface area contributed by atoms with Crippen LogP contribution in [0.2, 0.25) is 0 Å². The minimum absolute atomic E-state index is 0.0397. The molecule has 1 aromatic heterocycles. The van der Waals surface area contributed by atoms with Gasteiger partial charge in [-0.2, -0.15) is 0 Å². The van der Waals surface area contributed by atoms with Gasteiger partial charge in [0, 0.05) is 25.4 Å². The first-order chi connectivity index (χ1) is 13.1. The largest absolute Gasteiger partial charge is 0.465 e. The Bertz CT molecular complexity index is 713. The molecule has 2 atom stereocenters. The Kier molecular flexibility index (Phi) is 7.38. The van der Waals surface area contributed by atoms with Crippen molar-refractivity contribution >= 4 is 17.7 Å². The summed E-state index contributed by atoms with van der Waals surface area (Å²) in [4.78, 5) is 14.9. The molecule has 2 heterocycles. The van der Waals surface area contributed by atoms with Crippen LogP contribution in [-0.2, 0) is 15.3 Å². The highest BCUT2D eigenvalue weighted by Gasteiger charge is 2.26. The second-order valence-electron chi connectivity index (χ2n) is 6.80. The summed E-state index contributed by atoms with van der Waals surface area (Å²) in [6, 6.07) is 14.3. The third-order valence-electron chi connectivity index (χ3n) is 4.76. The van der Waals surface area contributed by atoms with Crippen LogP contribution in [0.3, 0.4) is 0 Å². The molecule has 0 bridgehead atoms. The summed E-state index contributed by atoms with van der Waals surface area (Å²) in [6.07, 6.45) is 0. The highest BCUT2D eigenvalue weighted by molar-refractivity contribution is 7.99. The number of nitrogens with one attached hydrogen (secondary N) is 1. The number of carbonyl (C=O) groups is 1.